The summed E-state index contributed by atoms with van der Waals surface area (Å²) < 4.78 is 34.7. The molecule has 13 nitrogen and oxygen atoms in total. The molecule has 2 aliphatic carbocycles. The van der Waals surface area contributed by atoms with E-state index in [-0.39, 0.29) is 5.57 Å². The van der Waals surface area contributed by atoms with Crippen molar-refractivity contribution in [2.24, 2.45) is 11.3 Å². The standard InChI is InChI=1S/C28H36O13/c1-12-11-18-28(27(8,41-28)24(34)40-18)23(39-16(5)32)21-25(6,10-9-17(33)26(21,7)35)22(38-15(4)31)20(37-14(3)30)19(12)36-13(2)29/h9-11,17-23,33,35H,1-8H3/t17-,18+,19+,20-,21-,22+,23-,25+,26-,27+,28+/m1/s1. The summed E-state index contributed by atoms with van der Waals surface area (Å²) in [5, 5.41) is 22.9. The molecule has 0 amide bonds. The van der Waals surface area contributed by atoms with Crippen LogP contribution in [0.4, 0.5) is 0 Å². The minimum absolute atomic E-state index is 0.246. The van der Waals surface area contributed by atoms with E-state index in [1.165, 1.54) is 39.0 Å². The smallest absolute Gasteiger partial charge is 0.342 e. The second kappa shape index (κ2) is 9.92. The van der Waals surface area contributed by atoms with Crippen LogP contribution >= 0.6 is 0 Å². The van der Waals surface area contributed by atoms with E-state index in [4.69, 9.17) is 28.4 Å². The Morgan fingerprint density at radius 1 is 0.878 bits per heavy atom. The van der Waals surface area contributed by atoms with Crippen molar-refractivity contribution in [3.8, 4) is 0 Å². The molecule has 41 heavy (non-hydrogen) atoms. The average molecular weight is 581 g/mol. The Balaban J connectivity index is 2.12. The van der Waals surface area contributed by atoms with Crippen LogP contribution in [0.15, 0.2) is 23.8 Å². The van der Waals surface area contributed by atoms with Gasteiger partial charge in [-0.1, -0.05) is 19.1 Å². The highest BCUT2D eigenvalue weighted by Gasteiger charge is 2.88. The van der Waals surface area contributed by atoms with Gasteiger partial charge in [-0.25, -0.2) is 4.79 Å². The molecule has 2 aliphatic heterocycles. The van der Waals surface area contributed by atoms with E-state index in [9.17, 15) is 34.2 Å². The van der Waals surface area contributed by atoms with Gasteiger partial charge in [0.2, 0.25) is 0 Å². The summed E-state index contributed by atoms with van der Waals surface area (Å²) in [7, 11) is 0. The molecule has 4 aliphatic rings. The molecule has 1 spiro atoms. The van der Waals surface area contributed by atoms with Gasteiger partial charge in [-0.2, -0.15) is 0 Å². The van der Waals surface area contributed by atoms with E-state index in [1.807, 2.05) is 0 Å². The Morgan fingerprint density at radius 3 is 1.93 bits per heavy atom. The molecule has 0 unspecified atom stereocenters. The van der Waals surface area contributed by atoms with Crippen LogP contribution < -0.4 is 0 Å². The predicted molar refractivity (Wildman–Crippen MR) is 135 cm³/mol. The molecule has 0 aromatic rings. The summed E-state index contributed by atoms with van der Waals surface area (Å²) in [4.78, 5) is 63.0. The Labute approximate surface area is 236 Å². The van der Waals surface area contributed by atoms with Crippen molar-refractivity contribution in [3.05, 3.63) is 23.8 Å². The summed E-state index contributed by atoms with van der Waals surface area (Å²) in [6.45, 7) is 10.3. The van der Waals surface area contributed by atoms with Crippen LogP contribution in [0.2, 0.25) is 0 Å². The molecule has 0 aromatic carbocycles. The van der Waals surface area contributed by atoms with E-state index in [0.29, 0.717) is 0 Å². The monoisotopic (exact) mass is 580 g/mol. The first-order valence-electron chi connectivity index (χ1n) is 13.2. The topological polar surface area (TPSA) is 184 Å². The van der Waals surface area contributed by atoms with Gasteiger partial charge in [-0.3, -0.25) is 19.2 Å². The second-order valence-corrected chi connectivity index (χ2v) is 11.7. The van der Waals surface area contributed by atoms with Crippen LogP contribution in [-0.2, 0) is 52.4 Å². The molecule has 0 radical (unpaired) electrons. The molecule has 13 heteroatoms. The fourth-order valence-electron chi connectivity index (χ4n) is 6.84. The summed E-state index contributed by atoms with van der Waals surface area (Å²) in [5.74, 6) is -5.32. The Bertz CT molecular complexity index is 1240. The lowest BCUT2D eigenvalue weighted by molar-refractivity contribution is -0.230. The third-order valence-corrected chi connectivity index (χ3v) is 8.64. The van der Waals surface area contributed by atoms with Crippen LogP contribution in [0.3, 0.4) is 0 Å². The summed E-state index contributed by atoms with van der Waals surface area (Å²) in [5.41, 5.74) is -6.82. The fraction of sp³-hybridized carbons (Fsp3) is 0.679. The van der Waals surface area contributed by atoms with Crippen LogP contribution in [0.25, 0.3) is 0 Å². The van der Waals surface area contributed by atoms with Gasteiger partial charge in [0.25, 0.3) is 0 Å². The first-order chi connectivity index (χ1) is 18.8. The third kappa shape index (κ3) is 4.63. The van der Waals surface area contributed by atoms with Gasteiger partial charge in [-0.05, 0) is 32.4 Å². The van der Waals surface area contributed by atoms with Crippen molar-refractivity contribution >= 4 is 29.8 Å². The number of hydrogen-bond donors (Lipinski definition) is 2. The molecule has 0 saturated carbocycles. The molecule has 0 aromatic heterocycles. The van der Waals surface area contributed by atoms with Crippen molar-refractivity contribution < 1.29 is 62.6 Å². The zero-order valence-electron chi connectivity index (χ0n) is 24.2. The van der Waals surface area contributed by atoms with Gasteiger partial charge < -0.3 is 38.6 Å². The van der Waals surface area contributed by atoms with Gasteiger partial charge >= 0.3 is 29.8 Å². The molecule has 2 fully saturated rings. The number of carbonyl (C=O) groups is 5. The van der Waals surface area contributed by atoms with Crippen molar-refractivity contribution in [2.75, 3.05) is 0 Å². The van der Waals surface area contributed by atoms with Crippen molar-refractivity contribution in [1.82, 2.24) is 0 Å². The molecule has 0 bridgehead atoms. The number of epoxide rings is 1. The number of aliphatic hydroxyl groups excluding tert-OH is 1. The minimum Gasteiger partial charge on any atom is -0.459 e. The quantitative estimate of drug-likeness (QED) is 0.202. The second-order valence-electron chi connectivity index (χ2n) is 11.7. The number of esters is 5. The third-order valence-electron chi connectivity index (χ3n) is 8.64. The highest BCUT2D eigenvalue weighted by molar-refractivity contribution is 5.89. The number of rotatable bonds is 4. The van der Waals surface area contributed by atoms with Gasteiger partial charge in [0.05, 0.1) is 5.60 Å². The highest BCUT2D eigenvalue weighted by atomic mass is 16.7. The zero-order chi connectivity index (χ0) is 30.9. The van der Waals surface area contributed by atoms with E-state index in [1.54, 1.807) is 6.92 Å². The number of ether oxygens (including phenoxy) is 6. The Hall–Kier alpha value is -3.29. The highest BCUT2D eigenvalue weighted by Crippen LogP contribution is 2.65. The number of aliphatic hydroxyl groups is 2. The SMILES string of the molecule is CC(=O)O[C@@H]1[C@@H](OC(C)=O)C(C)=C[C@@H]2OC(=O)[C@]3(C)O[C@]23[C@H](OC(C)=O)[C@H]2[C@](C)(O)[C@H](O)C=C[C@]2(C)[C@H]1OC(C)=O. The molecule has 2 N–H and O–H groups in total. The lowest BCUT2D eigenvalue weighted by Gasteiger charge is -2.55. The van der Waals surface area contributed by atoms with Crippen molar-refractivity contribution in [2.45, 2.75) is 109 Å². The maximum absolute atomic E-state index is 13.1. The van der Waals surface area contributed by atoms with Crippen LogP contribution in [0.5, 0.6) is 0 Å². The maximum Gasteiger partial charge on any atom is 0.342 e. The summed E-state index contributed by atoms with van der Waals surface area (Å²) in [6.07, 6.45) is -4.44. The van der Waals surface area contributed by atoms with E-state index >= 15 is 0 Å². The molecule has 2 saturated heterocycles. The molecule has 11 atom stereocenters. The molecule has 4 rings (SSSR count). The minimum atomic E-state index is -2.12. The van der Waals surface area contributed by atoms with Crippen LogP contribution in [0.1, 0.15) is 55.4 Å². The van der Waals surface area contributed by atoms with Crippen LogP contribution in [0, 0.1) is 11.3 Å². The number of hydrogen-bond acceptors (Lipinski definition) is 13. The fourth-order valence-corrected chi connectivity index (χ4v) is 6.84. The van der Waals surface area contributed by atoms with Gasteiger partial charge in [-0.15, -0.1) is 0 Å². The summed E-state index contributed by atoms with van der Waals surface area (Å²) >= 11 is 0. The van der Waals surface area contributed by atoms with E-state index in [0.717, 1.165) is 27.7 Å². The van der Waals surface area contributed by atoms with Gasteiger partial charge in [0, 0.05) is 39.0 Å². The lowest BCUT2D eigenvalue weighted by atomic mass is 9.55. The Kier molecular flexibility index (Phi) is 7.42. The van der Waals surface area contributed by atoms with Crippen molar-refractivity contribution in [3.63, 3.8) is 0 Å². The van der Waals surface area contributed by atoms with Crippen molar-refractivity contribution in [1.29, 1.82) is 0 Å². The van der Waals surface area contributed by atoms with Gasteiger partial charge in [0.1, 0.15) is 12.2 Å². The molecule has 226 valence electrons. The van der Waals surface area contributed by atoms with E-state index in [2.05, 4.69) is 0 Å². The van der Waals surface area contributed by atoms with E-state index < -0.39 is 94.6 Å². The molecule has 2 heterocycles. The first kappa shape index (κ1) is 30.7. The first-order valence-corrected chi connectivity index (χ1v) is 13.2. The predicted octanol–water partition coefficient (Wildman–Crippen LogP) is 0.430. The normalized spacial score (nSPS) is 44.6. The molecular formula is C28H36O13. The number of fused-ring (bicyclic) bond motifs is 1. The maximum atomic E-state index is 13.1. The lowest BCUT2D eigenvalue weighted by Crippen LogP contribution is -2.69. The Morgan fingerprint density at radius 2 is 1.41 bits per heavy atom. The summed E-state index contributed by atoms with van der Waals surface area (Å²) in [6, 6.07) is 0. The molecular weight excluding hydrogens is 544 g/mol. The van der Waals surface area contributed by atoms with Gasteiger partial charge in [0.15, 0.2) is 35.6 Å². The average Bonchev–Trinajstić information content (AvgIpc) is 3.42. The zero-order valence-corrected chi connectivity index (χ0v) is 24.2. The number of carbonyl (C=O) groups excluding carboxylic acids is 5. The van der Waals surface area contributed by atoms with Crippen LogP contribution in [-0.4, -0.2) is 93.5 Å². The largest absolute Gasteiger partial charge is 0.459 e.